The molecule has 0 radical (unpaired) electrons. The van der Waals surface area contributed by atoms with Crippen LogP contribution in [0.25, 0.3) is 0 Å². The maximum Gasteiger partial charge on any atom is 0.242 e. The van der Waals surface area contributed by atoms with Gasteiger partial charge in [0.05, 0.1) is 76.1 Å². The number of aliphatic hydroxyl groups is 7. The second kappa shape index (κ2) is 34.6. The average Bonchev–Trinajstić information content (AvgIpc) is 3.34. The summed E-state index contributed by atoms with van der Waals surface area (Å²) in [5.41, 5.74) is 3.59. The van der Waals surface area contributed by atoms with Crippen molar-refractivity contribution in [1.82, 2.24) is 26.6 Å². The Hall–Kier alpha value is -3.63. The zero-order valence-corrected chi connectivity index (χ0v) is 40.5. The van der Waals surface area contributed by atoms with Gasteiger partial charge in [0, 0.05) is 32.4 Å². The molecule has 0 aromatic carbocycles. The van der Waals surface area contributed by atoms with E-state index in [0.717, 1.165) is 0 Å². The molecule has 1 saturated heterocycles. The Morgan fingerprint density at radius 2 is 1.40 bits per heavy atom. The first kappa shape index (κ1) is 62.4. The van der Waals surface area contributed by atoms with E-state index >= 15 is 0 Å². The highest BCUT2D eigenvalue weighted by molar-refractivity contribution is 5.88. The molecule has 0 aromatic rings. The van der Waals surface area contributed by atoms with Gasteiger partial charge in [0.25, 0.3) is 0 Å². The number of nitrogens with one attached hydrogen (secondary N) is 5. The summed E-state index contributed by atoms with van der Waals surface area (Å²) in [6.45, 7) is 6.82. The molecule has 1 rings (SSSR count). The largest absolute Gasteiger partial charge is 0.508 e. The fourth-order valence-corrected chi connectivity index (χ4v) is 7.05. The molecule has 24 nitrogen and oxygen atoms in total. The van der Waals surface area contributed by atoms with Crippen molar-refractivity contribution in [3.05, 3.63) is 11.5 Å². The number of likely N-dealkylation sites (N-methyl/N-ethyl adjacent to an activating group) is 1. The molecule has 0 bridgehead atoms. The standard InChI is InChI=1S/C44H82N6O18/c1-6-43(62,7-2)16-19-67-44(8-3,9-4)15-14-35(57)49-29(26-51)10-12-34(56)50-30(40(60)48-18-21-64-22-24-65-41(61)36(45)31(54)27-52)11-13-33(55)47-17-20-63-23-25-66-42-37(46-5)39(59)38(58)32(28-53)68-42/h26,29-30,32,37-39,41-42,46,52-54,58-59,61-62H,6-25,27-28,45H2,1-5H3,(H,47,55)(H,48,60)(H,49,57)(H,50,56)/b36-31-. The summed E-state index contributed by atoms with van der Waals surface area (Å²) in [4.78, 5) is 64.1. The summed E-state index contributed by atoms with van der Waals surface area (Å²) in [6, 6.07) is -2.95. The first-order chi connectivity index (χ1) is 32.4. The Bertz CT molecular complexity index is 1490. The zero-order chi connectivity index (χ0) is 51.1. The number of hydrogen-bond acceptors (Lipinski definition) is 20. The Morgan fingerprint density at radius 1 is 0.779 bits per heavy atom. The molecule has 396 valence electrons. The topological polar surface area (TPSA) is 369 Å². The van der Waals surface area contributed by atoms with Gasteiger partial charge in [0.15, 0.2) is 12.6 Å². The van der Waals surface area contributed by atoms with E-state index in [-0.39, 0.29) is 84.8 Å². The van der Waals surface area contributed by atoms with Crippen molar-refractivity contribution in [1.29, 1.82) is 0 Å². The Labute approximate surface area is 399 Å². The van der Waals surface area contributed by atoms with Crippen LogP contribution in [0.4, 0.5) is 0 Å². The summed E-state index contributed by atoms with van der Waals surface area (Å²) in [7, 11) is 1.56. The summed E-state index contributed by atoms with van der Waals surface area (Å²) in [5.74, 6) is -2.75. The van der Waals surface area contributed by atoms with Crippen LogP contribution in [0.2, 0.25) is 0 Å². The van der Waals surface area contributed by atoms with Gasteiger partial charge in [0.1, 0.15) is 48.7 Å². The van der Waals surface area contributed by atoms with Gasteiger partial charge in [-0.05, 0) is 58.4 Å². The summed E-state index contributed by atoms with van der Waals surface area (Å²) in [5, 5.41) is 82.0. The lowest BCUT2D eigenvalue weighted by molar-refractivity contribution is -0.272. The quantitative estimate of drug-likeness (QED) is 0.0130. The molecule has 0 aromatic heterocycles. The molecule has 0 spiro atoms. The van der Waals surface area contributed by atoms with Crippen LogP contribution in [-0.4, -0.2) is 205 Å². The lowest BCUT2D eigenvalue weighted by Crippen LogP contribution is -2.63. The summed E-state index contributed by atoms with van der Waals surface area (Å²) < 4.78 is 33.3. The van der Waals surface area contributed by atoms with Crippen LogP contribution in [0.3, 0.4) is 0 Å². The van der Waals surface area contributed by atoms with Crippen LogP contribution in [0.1, 0.15) is 98.3 Å². The van der Waals surface area contributed by atoms with Gasteiger partial charge >= 0.3 is 0 Å². The van der Waals surface area contributed by atoms with Crippen molar-refractivity contribution in [3.63, 3.8) is 0 Å². The number of ether oxygens (including phenoxy) is 6. The number of amides is 4. The van der Waals surface area contributed by atoms with E-state index in [1.807, 2.05) is 27.7 Å². The predicted octanol–water partition coefficient (Wildman–Crippen LogP) is -2.62. The van der Waals surface area contributed by atoms with E-state index in [1.54, 1.807) is 7.05 Å². The van der Waals surface area contributed by atoms with Crippen LogP contribution < -0.4 is 32.3 Å². The molecule has 14 N–H and O–H groups in total. The molecule has 24 heteroatoms. The van der Waals surface area contributed by atoms with Gasteiger partial charge in [0.2, 0.25) is 23.6 Å². The third-order valence-electron chi connectivity index (χ3n) is 12.0. The fourth-order valence-electron chi connectivity index (χ4n) is 7.05. The molecule has 68 heavy (non-hydrogen) atoms. The van der Waals surface area contributed by atoms with Crippen molar-refractivity contribution >= 4 is 29.9 Å². The van der Waals surface area contributed by atoms with Gasteiger partial charge in [-0.25, -0.2) is 0 Å². The second-order valence-corrected chi connectivity index (χ2v) is 16.5. The molecule has 4 amide bonds. The zero-order valence-electron chi connectivity index (χ0n) is 40.5. The third kappa shape index (κ3) is 23.3. The van der Waals surface area contributed by atoms with E-state index in [4.69, 9.17) is 39.3 Å². The molecular weight excluding hydrogens is 901 g/mol. The van der Waals surface area contributed by atoms with Crippen LogP contribution >= 0.6 is 0 Å². The van der Waals surface area contributed by atoms with Crippen molar-refractivity contribution in [2.24, 2.45) is 5.73 Å². The number of carbonyl (C=O) groups is 5. The number of aliphatic hydroxyl groups excluding tert-OH is 6. The van der Waals surface area contributed by atoms with E-state index in [0.29, 0.717) is 51.4 Å². The predicted molar refractivity (Wildman–Crippen MR) is 244 cm³/mol. The highest BCUT2D eigenvalue weighted by atomic mass is 16.7. The summed E-state index contributed by atoms with van der Waals surface area (Å²) in [6.07, 6.45) is -2.96. The van der Waals surface area contributed by atoms with Gasteiger partial charge in [-0.15, -0.1) is 0 Å². The van der Waals surface area contributed by atoms with Crippen LogP contribution in [0.15, 0.2) is 11.5 Å². The number of rotatable bonds is 39. The Kier molecular flexibility index (Phi) is 31.8. The van der Waals surface area contributed by atoms with Gasteiger partial charge in [-0.1, -0.05) is 27.7 Å². The SMILES string of the molecule is CCC(O)(CC)CCOC(CC)(CC)CCC(=O)NC(C=O)CCC(=O)NC(CCC(=O)NCCOCCOC1OC(CO)C(O)C(O)C1NC)C(=O)NCCOCCOC(O)/C(N)=C(/O)CO. The van der Waals surface area contributed by atoms with Gasteiger partial charge < -0.3 is 101 Å². The number of aldehydes is 1. The second-order valence-electron chi connectivity index (χ2n) is 16.5. The molecule has 1 heterocycles. The summed E-state index contributed by atoms with van der Waals surface area (Å²) >= 11 is 0. The first-order valence-electron chi connectivity index (χ1n) is 23.5. The smallest absolute Gasteiger partial charge is 0.242 e. The molecule has 1 aliphatic heterocycles. The van der Waals surface area contributed by atoms with Crippen LogP contribution in [0, 0.1) is 0 Å². The normalized spacial score (nSPS) is 20.4. The minimum Gasteiger partial charge on any atom is -0.508 e. The minimum atomic E-state index is -1.68. The third-order valence-corrected chi connectivity index (χ3v) is 12.0. The van der Waals surface area contributed by atoms with Crippen molar-refractivity contribution in [2.75, 3.05) is 79.6 Å². The lowest BCUT2D eigenvalue weighted by Gasteiger charge is -2.41. The molecular formula is C44H82N6O18. The van der Waals surface area contributed by atoms with Crippen molar-refractivity contribution in [2.45, 2.75) is 159 Å². The molecule has 0 aliphatic carbocycles. The maximum absolute atomic E-state index is 13.3. The fraction of sp³-hybridized carbons (Fsp3) is 0.841. The lowest BCUT2D eigenvalue weighted by atomic mass is 9.90. The maximum atomic E-state index is 13.3. The molecule has 1 aliphatic rings. The van der Waals surface area contributed by atoms with Gasteiger partial charge in [-0.3, -0.25) is 19.2 Å². The number of hydrogen-bond donors (Lipinski definition) is 13. The highest BCUT2D eigenvalue weighted by Crippen LogP contribution is 2.29. The van der Waals surface area contributed by atoms with E-state index < -0.39 is 109 Å². The van der Waals surface area contributed by atoms with Crippen LogP contribution in [-0.2, 0) is 52.4 Å². The first-order valence-corrected chi connectivity index (χ1v) is 23.5. The Morgan fingerprint density at radius 3 is 1.99 bits per heavy atom. The number of carbonyl (C=O) groups excluding carboxylic acids is 5. The molecule has 0 saturated carbocycles. The molecule has 8 unspecified atom stereocenters. The molecule has 1 fully saturated rings. The van der Waals surface area contributed by atoms with Crippen molar-refractivity contribution in [3.8, 4) is 0 Å². The Balaban J connectivity index is 2.73. The van der Waals surface area contributed by atoms with Gasteiger partial charge in [-0.2, -0.15) is 0 Å². The minimum absolute atomic E-state index is 0.0197. The highest BCUT2D eigenvalue weighted by Gasteiger charge is 2.44. The number of nitrogens with two attached hydrogens (primary N) is 1. The van der Waals surface area contributed by atoms with Crippen LogP contribution in [0.5, 0.6) is 0 Å². The van der Waals surface area contributed by atoms with Crippen molar-refractivity contribution < 1.29 is 88.1 Å². The molecule has 8 atom stereocenters. The van der Waals surface area contributed by atoms with E-state index in [2.05, 4.69) is 26.6 Å². The van der Waals surface area contributed by atoms with E-state index in [1.165, 1.54) is 0 Å². The monoisotopic (exact) mass is 983 g/mol. The average molecular weight is 983 g/mol. The van der Waals surface area contributed by atoms with E-state index in [9.17, 15) is 54.6 Å².